The SMILES string of the molecule is CCC1CN(C)CCCN1C(=O)C1(N)CC1. The predicted octanol–water partition coefficient (Wildman–Crippen LogP) is 0.420. The van der Waals surface area contributed by atoms with Gasteiger partial charge in [0.1, 0.15) is 0 Å². The van der Waals surface area contributed by atoms with E-state index in [1.54, 1.807) is 0 Å². The summed E-state index contributed by atoms with van der Waals surface area (Å²) in [5.41, 5.74) is 5.52. The van der Waals surface area contributed by atoms with E-state index in [0.717, 1.165) is 45.3 Å². The van der Waals surface area contributed by atoms with Gasteiger partial charge in [0.25, 0.3) is 0 Å². The molecule has 1 saturated heterocycles. The third-order valence-electron chi connectivity index (χ3n) is 3.85. The highest BCUT2D eigenvalue weighted by Crippen LogP contribution is 2.35. The first-order valence-corrected chi connectivity index (χ1v) is 6.35. The Balaban J connectivity index is 2.07. The standard InChI is InChI=1S/C12H23N3O/c1-3-10-9-14(2)7-4-8-15(10)11(16)12(13)5-6-12/h10H,3-9,13H2,1-2H3. The third kappa shape index (κ3) is 2.23. The average Bonchev–Trinajstić information content (AvgIpc) is 3.02. The number of rotatable bonds is 2. The zero-order valence-corrected chi connectivity index (χ0v) is 10.4. The Morgan fingerprint density at radius 1 is 1.44 bits per heavy atom. The van der Waals surface area contributed by atoms with E-state index in [1.807, 2.05) is 4.90 Å². The van der Waals surface area contributed by atoms with Crippen molar-refractivity contribution in [3.8, 4) is 0 Å². The average molecular weight is 225 g/mol. The van der Waals surface area contributed by atoms with Gasteiger partial charge in [-0.1, -0.05) is 6.92 Å². The molecule has 2 fully saturated rings. The number of carbonyl (C=O) groups excluding carboxylic acids is 1. The summed E-state index contributed by atoms with van der Waals surface area (Å²) in [5.74, 6) is 0.189. The first-order valence-electron chi connectivity index (χ1n) is 6.35. The number of nitrogens with two attached hydrogens (primary N) is 1. The van der Waals surface area contributed by atoms with Crippen LogP contribution in [0.15, 0.2) is 0 Å². The van der Waals surface area contributed by atoms with Crippen molar-refractivity contribution in [1.29, 1.82) is 0 Å². The number of nitrogens with zero attached hydrogens (tertiary/aromatic N) is 2. The molecule has 0 radical (unpaired) electrons. The summed E-state index contributed by atoms with van der Waals surface area (Å²) in [5, 5.41) is 0. The van der Waals surface area contributed by atoms with E-state index in [2.05, 4.69) is 18.9 Å². The molecule has 0 aromatic carbocycles. The van der Waals surface area contributed by atoms with Crippen LogP contribution in [0.3, 0.4) is 0 Å². The second-order valence-electron chi connectivity index (χ2n) is 5.33. The molecule has 1 heterocycles. The summed E-state index contributed by atoms with van der Waals surface area (Å²) in [6, 6.07) is 0.348. The molecule has 1 aliphatic heterocycles. The van der Waals surface area contributed by atoms with Crippen LogP contribution in [0.1, 0.15) is 32.6 Å². The van der Waals surface area contributed by atoms with E-state index in [1.165, 1.54) is 0 Å². The number of likely N-dealkylation sites (N-methyl/N-ethyl adjacent to an activating group) is 1. The van der Waals surface area contributed by atoms with Crippen LogP contribution in [0.5, 0.6) is 0 Å². The number of amides is 1. The Hall–Kier alpha value is -0.610. The van der Waals surface area contributed by atoms with E-state index in [-0.39, 0.29) is 5.91 Å². The quantitative estimate of drug-likeness (QED) is 0.741. The Morgan fingerprint density at radius 2 is 2.12 bits per heavy atom. The molecule has 0 aromatic rings. The van der Waals surface area contributed by atoms with Crippen LogP contribution in [-0.2, 0) is 4.79 Å². The van der Waals surface area contributed by atoms with Gasteiger partial charge in [0.05, 0.1) is 5.54 Å². The number of hydrogen-bond acceptors (Lipinski definition) is 3. The Bertz CT molecular complexity index is 275. The highest BCUT2D eigenvalue weighted by Gasteiger charge is 2.49. The molecule has 1 unspecified atom stereocenters. The van der Waals surface area contributed by atoms with Crippen LogP contribution in [0.4, 0.5) is 0 Å². The predicted molar refractivity (Wildman–Crippen MR) is 64.1 cm³/mol. The number of carbonyl (C=O) groups is 1. The highest BCUT2D eigenvalue weighted by atomic mass is 16.2. The Morgan fingerprint density at radius 3 is 2.69 bits per heavy atom. The van der Waals surface area contributed by atoms with Gasteiger partial charge in [-0.25, -0.2) is 0 Å². The molecule has 4 nitrogen and oxygen atoms in total. The lowest BCUT2D eigenvalue weighted by atomic mass is 10.1. The zero-order valence-electron chi connectivity index (χ0n) is 10.4. The molecule has 92 valence electrons. The van der Waals surface area contributed by atoms with Crippen LogP contribution in [0, 0.1) is 0 Å². The smallest absolute Gasteiger partial charge is 0.242 e. The Labute approximate surface area is 97.8 Å². The zero-order chi connectivity index (χ0) is 11.8. The van der Waals surface area contributed by atoms with Crippen molar-refractivity contribution in [2.45, 2.75) is 44.2 Å². The van der Waals surface area contributed by atoms with Gasteiger partial charge in [-0.2, -0.15) is 0 Å². The van der Waals surface area contributed by atoms with Gasteiger partial charge in [-0.05, 0) is 39.3 Å². The van der Waals surface area contributed by atoms with Crippen molar-refractivity contribution in [2.75, 3.05) is 26.7 Å². The minimum absolute atomic E-state index is 0.189. The lowest BCUT2D eigenvalue weighted by Crippen LogP contribution is -2.51. The fraction of sp³-hybridized carbons (Fsp3) is 0.917. The van der Waals surface area contributed by atoms with Crippen LogP contribution < -0.4 is 5.73 Å². The van der Waals surface area contributed by atoms with Gasteiger partial charge in [-0.3, -0.25) is 4.79 Å². The van der Waals surface area contributed by atoms with Crippen LogP contribution >= 0.6 is 0 Å². The molecular formula is C12H23N3O. The fourth-order valence-corrected chi connectivity index (χ4v) is 2.49. The van der Waals surface area contributed by atoms with Crippen molar-refractivity contribution in [2.24, 2.45) is 5.73 Å². The molecule has 1 amide bonds. The van der Waals surface area contributed by atoms with Crippen molar-refractivity contribution >= 4 is 5.91 Å². The molecule has 16 heavy (non-hydrogen) atoms. The molecule has 0 spiro atoms. The summed E-state index contributed by atoms with van der Waals surface area (Å²) >= 11 is 0. The van der Waals surface area contributed by atoms with Gasteiger partial charge >= 0.3 is 0 Å². The lowest BCUT2D eigenvalue weighted by molar-refractivity contribution is -0.135. The van der Waals surface area contributed by atoms with Crippen molar-refractivity contribution in [3.63, 3.8) is 0 Å². The van der Waals surface area contributed by atoms with E-state index in [0.29, 0.717) is 6.04 Å². The van der Waals surface area contributed by atoms with Gasteiger partial charge in [0.2, 0.25) is 5.91 Å². The fourth-order valence-electron chi connectivity index (χ4n) is 2.49. The molecule has 0 aromatic heterocycles. The summed E-state index contributed by atoms with van der Waals surface area (Å²) in [6.45, 7) is 5.09. The molecule has 1 atom stereocenters. The topological polar surface area (TPSA) is 49.6 Å². The Kier molecular flexibility index (Phi) is 3.22. The summed E-state index contributed by atoms with van der Waals surface area (Å²) in [7, 11) is 2.13. The summed E-state index contributed by atoms with van der Waals surface area (Å²) in [4.78, 5) is 16.6. The number of hydrogen-bond donors (Lipinski definition) is 1. The second kappa shape index (κ2) is 4.34. The molecule has 2 N–H and O–H groups in total. The second-order valence-corrected chi connectivity index (χ2v) is 5.33. The minimum atomic E-state index is -0.504. The summed E-state index contributed by atoms with van der Waals surface area (Å²) in [6.07, 6.45) is 3.82. The van der Waals surface area contributed by atoms with Crippen molar-refractivity contribution < 1.29 is 4.79 Å². The maximum Gasteiger partial charge on any atom is 0.242 e. The molecule has 2 rings (SSSR count). The van der Waals surface area contributed by atoms with E-state index < -0.39 is 5.54 Å². The summed E-state index contributed by atoms with van der Waals surface area (Å²) < 4.78 is 0. The molecule has 1 aliphatic carbocycles. The maximum absolute atomic E-state index is 12.3. The lowest BCUT2D eigenvalue weighted by Gasteiger charge is -2.32. The maximum atomic E-state index is 12.3. The first kappa shape index (κ1) is 11.9. The largest absolute Gasteiger partial charge is 0.337 e. The van der Waals surface area contributed by atoms with E-state index in [4.69, 9.17) is 5.73 Å². The normalized spacial score (nSPS) is 29.9. The van der Waals surface area contributed by atoms with Crippen LogP contribution in [0.25, 0.3) is 0 Å². The minimum Gasteiger partial charge on any atom is -0.337 e. The van der Waals surface area contributed by atoms with E-state index in [9.17, 15) is 4.79 Å². The highest BCUT2D eigenvalue weighted by molar-refractivity contribution is 5.89. The molecule has 1 saturated carbocycles. The van der Waals surface area contributed by atoms with Gasteiger partial charge < -0.3 is 15.5 Å². The first-order chi connectivity index (χ1) is 7.57. The van der Waals surface area contributed by atoms with Crippen LogP contribution in [-0.4, -0.2) is 54.0 Å². The molecule has 4 heteroatoms. The van der Waals surface area contributed by atoms with Crippen LogP contribution in [0.2, 0.25) is 0 Å². The van der Waals surface area contributed by atoms with Crippen molar-refractivity contribution in [3.05, 3.63) is 0 Å². The van der Waals surface area contributed by atoms with Gasteiger partial charge in [0, 0.05) is 19.1 Å². The third-order valence-corrected chi connectivity index (χ3v) is 3.85. The molecular weight excluding hydrogens is 202 g/mol. The van der Waals surface area contributed by atoms with Gasteiger partial charge in [0.15, 0.2) is 0 Å². The van der Waals surface area contributed by atoms with Crippen molar-refractivity contribution in [1.82, 2.24) is 9.80 Å². The molecule has 0 bridgehead atoms. The monoisotopic (exact) mass is 225 g/mol. The van der Waals surface area contributed by atoms with E-state index >= 15 is 0 Å². The molecule has 2 aliphatic rings. The van der Waals surface area contributed by atoms with Gasteiger partial charge in [-0.15, -0.1) is 0 Å².